The van der Waals surface area contributed by atoms with Gasteiger partial charge in [-0.15, -0.1) is 11.3 Å². The summed E-state index contributed by atoms with van der Waals surface area (Å²) in [6.45, 7) is 6.21. The number of hydrogen-bond donors (Lipinski definition) is 2. The van der Waals surface area contributed by atoms with Crippen molar-refractivity contribution in [3.63, 3.8) is 0 Å². The highest BCUT2D eigenvalue weighted by Crippen LogP contribution is 2.39. The van der Waals surface area contributed by atoms with Crippen LogP contribution in [0.15, 0.2) is 54.9 Å². The number of fused-ring (bicyclic) bond motifs is 1. The van der Waals surface area contributed by atoms with E-state index >= 15 is 0 Å². The number of carbonyl (C=O) groups is 2. The number of carbonyl (C=O) groups excluding carboxylic acids is 2. The summed E-state index contributed by atoms with van der Waals surface area (Å²) in [7, 11) is 2.11. The zero-order valence-electron chi connectivity index (χ0n) is 25.9. The first-order valence-electron chi connectivity index (χ1n) is 16.0. The molecule has 7 rings (SSSR count). The van der Waals surface area contributed by atoms with E-state index in [0.717, 1.165) is 97.8 Å². The molecule has 1 aromatic carbocycles. The van der Waals surface area contributed by atoms with Crippen LogP contribution in [0.2, 0.25) is 0 Å². The Bertz CT molecular complexity index is 1710. The summed E-state index contributed by atoms with van der Waals surface area (Å²) in [5.74, 6) is 0.446. The molecule has 5 heterocycles. The minimum atomic E-state index is -0.575. The van der Waals surface area contributed by atoms with Crippen LogP contribution in [0.4, 0.5) is 14.9 Å². The number of nitrogens with one attached hydrogen (secondary N) is 2. The lowest BCUT2D eigenvalue weighted by Gasteiger charge is -2.37. The van der Waals surface area contributed by atoms with Gasteiger partial charge in [0.05, 0.1) is 20.8 Å². The molecule has 46 heavy (non-hydrogen) atoms. The SMILES string of the molecule is CN1CCN(C(=O)C2CCN(Cc3ccc(-c4cc5nccc(Oc6ccc(NC(=O)NC7CC7)cc6F)c5s4)nc3)CC2)CC1. The van der Waals surface area contributed by atoms with Gasteiger partial charge in [0.15, 0.2) is 11.6 Å². The van der Waals surface area contributed by atoms with E-state index in [9.17, 15) is 14.0 Å². The quantitative estimate of drug-likeness (QED) is 0.259. The van der Waals surface area contributed by atoms with Gasteiger partial charge in [-0.25, -0.2) is 9.18 Å². The Kier molecular flexibility index (Phi) is 8.83. The van der Waals surface area contributed by atoms with Crippen LogP contribution >= 0.6 is 11.3 Å². The van der Waals surface area contributed by atoms with Crippen molar-refractivity contribution in [3.8, 4) is 22.1 Å². The van der Waals surface area contributed by atoms with Crippen LogP contribution in [0.3, 0.4) is 0 Å². The zero-order chi connectivity index (χ0) is 31.6. The van der Waals surface area contributed by atoms with Crippen molar-refractivity contribution in [2.45, 2.75) is 38.3 Å². The highest BCUT2D eigenvalue weighted by Gasteiger charge is 2.30. The minimum Gasteiger partial charge on any atom is -0.453 e. The molecule has 3 fully saturated rings. The Morgan fingerprint density at radius 3 is 2.48 bits per heavy atom. The Labute approximate surface area is 271 Å². The van der Waals surface area contributed by atoms with Crippen molar-refractivity contribution < 1.29 is 18.7 Å². The molecule has 240 valence electrons. The second-order valence-electron chi connectivity index (χ2n) is 12.5. The highest BCUT2D eigenvalue weighted by atomic mass is 32.1. The summed E-state index contributed by atoms with van der Waals surface area (Å²) in [6, 6.07) is 12.1. The number of hydrogen-bond acceptors (Lipinski definition) is 8. The molecule has 2 N–H and O–H groups in total. The standard InChI is InChI=1S/C34H38FN7O3S/c1-40-14-16-42(17-15-40)33(43)23-9-12-41(13-10-23)21-22-2-6-27(37-20-22)31-19-28-32(46-31)30(8-11-36-28)45-29-7-5-25(18-26(29)35)39-34(44)38-24-3-4-24/h2,5-8,11,18-20,23-24H,3-4,9-10,12-17,21H2,1H3,(H2,38,39,44). The van der Waals surface area contributed by atoms with E-state index < -0.39 is 5.82 Å². The van der Waals surface area contributed by atoms with Gasteiger partial charge in [0.2, 0.25) is 5.91 Å². The normalized spacial score (nSPS) is 18.1. The lowest BCUT2D eigenvalue weighted by molar-refractivity contribution is -0.138. The molecule has 3 aliphatic rings. The number of amides is 3. The van der Waals surface area contributed by atoms with E-state index in [-0.39, 0.29) is 23.7 Å². The van der Waals surface area contributed by atoms with Crippen LogP contribution in [-0.4, -0.2) is 89.0 Å². The predicted octanol–water partition coefficient (Wildman–Crippen LogP) is 5.56. The summed E-state index contributed by atoms with van der Waals surface area (Å²) in [5.41, 5.74) is 3.07. The van der Waals surface area contributed by atoms with E-state index in [1.807, 2.05) is 23.2 Å². The lowest BCUT2D eigenvalue weighted by Crippen LogP contribution is -2.50. The number of thiophene rings is 1. The number of aromatic nitrogens is 2. The van der Waals surface area contributed by atoms with Crippen LogP contribution < -0.4 is 15.4 Å². The summed E-state index contributed by atoms with van der Waals surface area (Å²) < 4.78 is 21.7. The maximum atomic E-state index is 14.9. The smallest absolute Gasteiger partial charge is 0.319 e. The number of likely N-dealkylation sites (N-methyl/N-ethyl adjacent to an activating group) is 1. The molecular weight excluding hydrogens is 605 g/mol. The Hall–Kier alpha value is -4.13. The Balaban J connectivity index is 0.959. The zero-order valence-corrected chi connectivity index (χ0v) is 26.7. The van der Waals surface area contributed by atoms with E-state index in [4.69, 9.17) is 9.72 Å². The first kappa shape index (κ1) is 30.5. The number of likely N-dealkylation sites (tertiary alicyclic amines) is 1. The predicted molar refractivity (Wildman–Crippen MR) is 177 cm³/mol. The van der Waals surface area contributed by atoms with Gasteiger partial charge < -0.3 is 25.2 Å². The van der Waals surface area contributed by atoms with Gasteiger partial charge in [-0.1, -0.05) is 6.07 Å². The third-order valence-electron chi connectivity index (χ3n) is 8.93. The van der Waals surface area contributed by atoms with Crippen LogP contribution in [0.25, 0.3) is 20.8 Å². The second-order valence-corrected chi connectivity index (χ2v) is 13.5. The van der Waals surface area contributed by atoms with E-state index in [0.29, 0.717) is 17.3 Å². The third kappa shape index (κ3) is 7.14. The van der Waals surface area contributed by atoms with E-state index in [1.165, 1.54) is 23.5 Å². The van der Waals surface area contributed by atoms with E-state index in [2.05, 4.69) is 38.5 Å². The molecule has 4 aromatic rings. The Morgan fingerprint density at radius 1 is 0.957 bits per heavy atom. The fourth-order valence-electron chi connectivity index (χ4n) is 6.03. The molecule has 0 radical (unpaired) electrons. The number of urea groups is 1. The van der Waals surface area contributed by atoms with E-state index in [1.54, 1.807) is 18.3 Å². The average Bonchev–Trinajstić information content (AvgIpc) is 3.76. The van der Waals surface area contributed by atoms with Gasteiger partial charge >= 0.3 is 6.03 Å². The van der Waals surface area contributed by atoms with Gasteiger partial charge in [0.25, 0.3) is 0 Å². The molecule has 10 nitrogen and oxygen atoms in total. The van der Waals surface area contributed by atoms with Gasteiger partial charge in [0.1, 0.15) is 5.75 Å². The minimum absolute atomic E-state index is 0.0609. The average molecular weight is 644 g/mol. The van der Waals surface area contributed by atoms with Gasteiger partial charge in [-0.2, -0.15) is 0 Å². The number of benzene rings is 1. The summed E-state index contributed by atoms with van der Waals surface area (Å²) in [4.78, 5) is 41.9. The molecule has 0 atom stereocenters. The summed E-state index contributed by atoms with van der Waals surface area (Å²) >= 11 is 1.49. The van der Waals surface area contributed by atoms with Crippen molar-refractivity contribution >= 4 is 39.2 Å². The topological polar surface area (TPSA) is 103 Å². The third-order valence-corrected chi connectivity index (χ3v) is 10.1. The maximum absolute atomic E-state index is 14.9. The molecular formula is C34H38FN7O3S. The van der Waals surface area contributed by atoms with Crippen LogP contribution in [0, 0.1) is 11.7 Å². The van der Waals surface area contributed by atoms with Gasteiger partial charge in [0, 0.05) is 74.9 Å². The molecule has 2 aliphatic heterocycles. The summed E-state index contributed by atoms with van der Waals surface area (Å²) in [5, 5.41) is 5.48. The van der Waals surface area contributed by atoms with Crippen molar-refractivity contribution in [1.82, 2.24) is 30.0 Å². The molecule has 2 saturated heterocycles. The van der Waals surface area contributed by atoms with Crippen molar-refractivity contribution in [2.24, 2.45) is 5.92 Å². The largest absolute Gasteiger partial charge is 0.453 e. The molecule has 0 bridgehead atoms. The van der Waals surface area contributed by atoms with Gasteiger partial charge in [-0.05, 0) is 75.6 Å². The van der Waals surface area contributed by atoms with Crippen molar-refractivity contribution in [2.75, 3.05) is 51.6 Å². The van der Waals surface area contributed by atoms with Crippen molar-refractivity contribution in [3.05, 3.63) is 66.2 Å². The molecule has 3 aromatic heterocycles. The number of nitrogens with zero attached hydrogens (tertiary/aromatic N) is 5. The maximum Gasteiger partial charge on any atom is 0.319 e. The summed E-state index contributed by atoms with van der Waals surface area (Å²) in [6.07, 6.45) is 7.31. The van der Waals surface area contributed by atoms with Gasteiger partial charge in [-0.3, -0.25) is 19.7 Å². The molecule has 0 unspecified atom stereocenters. The number of piperazine rings is 1. The molecule has 12 heteroatoms. The first-order chi connectivity index (χ1) is 22.4. The number of rotatable bonds is 8. The number of anilines is 1. The van der Waals surface area contributed by atoms with Crippen LogP contribution in [0.1, 0.15) is 31.2 Å². The highest BCUT2D eigenvalue weighted by molar-refractivity contribution is 7.22. The number of ether oxygens (including phenoxy) is 1. The second kappa shape index (κ2) is 13.3. The first-order valence-corrected chi connectivity index (χ1v) is 16.8. The number of piperidine rings is 1. The molecule has 3 amide bonds. The monoisotopic (exact) mass is 643 g/mol. The van der Waals surface area contributed by atoms with Crippen molar-refractivity contribution in [1.29, 1.82) is 0 Å². The van der Waals surface area contributed by atoms with Crippen LogP contribution in [-0.2, 0) is 11.3 Å². The number of pyridine rings is 2. The molecule has 0 spiro atoms. The lowest BCUT2D eigenvalue weighted by atomic mass is 9.94. The number of halogens is 1. The van der Waals surface area contributed by atoms with Crippen LogP contribution in [0.5, 0.6) is 11.5 Å². The Morgan fingerprint density at radius 2 is 1.76 bits per heavy atom. The molecule has 1 saturated carbocycles. The molecule has 1 aliphatic carbocycles. The fraction of sp³-hybridized carbons (Fsp3) is 0.412. The fourth-order valence-corrected chi connectivity index (χ4v) is 7.07.